The summed E-state index contributed by atoms with van der Waals surface area (Å²) < 4.78 is 6.90. The third-order valence-electron chi connectivity index (χ3n) is 5.85. The molecule has 0 aliphatic rings. The first-order valence-electron chi connectivity index (χ1n) is 12.0. The van der Waals surface area contributed by atoms with Crippen molar-refractivity contribution in [2.45, 2.75) is 20.4 Å². The van der Waals surface area contributed by atoms with Gasteiger partial charge in [-0.05, 0) is 67.9 Å². The number of hydrogen-bond acceptors (Lipinski definition) is 6. The van der Waals surface area contributed by atoms with Gasteiger partial charge in [0.1, 0.15) is 17.1 Å². The summed E-state index contributed by atoms with van der Waals surface area (Å²) in [6, 6.07) is 24.9. The lowest BCUT2D eigenvalue weighted by atomic mass is 10.0. The van der Waals surface area contributed by atoms with Crippen LogP contribution in [0.25, 0.3) is 21.3 Å². The van der Waals surface area contributed by atoms with E-state index in [1.165, 1.54) is 22.2 Å². The zero-order valence-electron chi connectivity index (χ0n) is 20.5. The van der Waals surface area contributed by atoms with Gasteiger partial charge in [0.15, 0.2) is 0 Å². The van der Waals surface area contributed by atoms with Crippen molar-refractivity contribution in [2.75, 3.05) is 17.2 Å². The Morgan fingerprint density at radius 3 is 2.32 bits per heavy atom. The summed E-state index contributed by atoms with van der Waals surface area (Å²) in [6.07, 6.45) is 1.44. The van der Waals surface area contributed by atoms with Crippen molar-refractivity contribution in [3.63, 3.8) is 0 Å². The van der Waals surface area contributed by atoms with Crippen molar-refractivity contribution < 1.29 is 9.53 Å². The second-order valence-electron chi connectivity index (χ2n) is 8.46. The minimum Gasteiger partial charge on any atom is -0.494 e. The van der Waals surface area contributed by atoms with Crippen molar-refractivity contribution in [3.05, 3.63) is 100 Å². The quantitative estimate of drug-likeness (QED) is 0.259. The molecule has 5 aromatic rings. The van der Waals surface area contributed by atoms with Crippen LogP contribution in [0.4, 0.5) is 17.1 Å². The monoisotopic (exact) mass is 510 g/mol. The van der Waals surface area contributed by atoms with Crippen molar-refractivity contribution in [2.24, 2.45) is 0 Å². The molecule has 1 amide bonds. The molecule has 0 radical (unpaired) electrons. The maximum atomic E-state index is 13.4. The summed E-state index contributed by atoms with van der Waals surface area (Å²) in [5.74, 6) is 0.473. The maximum absolute atomic E-state index is 13.4. The Labute approximate surface area is 218 Å². The van der Waals surface area contributed by atoms with Gasteiger partial charge in [0.2, 0.25) is 5.91 Å². The average molecular weight is 511 g/mol. The minimum absolute atomic E-state index is 0.136. The number of nitrogens with one attached hydrogen (secondary N) is 2. The first-order valence-corrected chi connectivity index (χ1v) is 12.8. The standard InChI is InChI=1S/C29H26N4O3S/c1-3-36-24-15-9-20(10-16-24)26-19(2)37-28-27(26)29(35)33(18-30-28)17-25(34)32-23-13-11-22(12-14-23)31-21-7-5-4-6-8-21/h4-16,18,31H,3,17H2,1-2H3,(H,32,34). The number of thiophene rings is 1. The molecule has 0 spiro atoms. The number of anilines is 3. The fraction of sp³-hybridized carbons (Fsp3) is 0.138. The lowest BCUT2D eigenvalue weighted by Crippen LogP contribution is -2.27. The van der Waals surface area contributed by atoms with Gasteiger partial charge < -0.3 is 15.4 Å². The molecule has 8 heteroatoms. The topological polar surface area (TPSA) is 85.2 Å². The van der Waals surface area contributed by atoms with Gasteiger partial charge >= 0.3 is 0 Å². The fourth-order valence-electron chi connectivity index (χ4n) is 4.16. The van der Waals surface area contributed by atoms with Crippen LogP contribution in [0.3, 0.4) is 0 Å². The molecule has 3 aromatic carbocycles. The molecule has 37 heavy (non-hydrogen) atoms. The Balaban J connectivity index is 1.33. The number of ether oxygens (including phenoxy) is 1. The van der Waals surface area contributed by atoms with E-state index in [-0.39, 0.29) is 18.0 Å². The number of aromatic nitrogens is 2. The molecule has 0 unspecified atom stereocenters. The summed E-state index contributed by atoms with van der Waals surface area (Å²) in [5, 5.41) is 6.69. The van der Waals surface area contributed by atoms with E-state index in [0.29, 0.717) is 22.5 Å². The van der Waals surface area contributed by atoms with E-state index in [4.69, 9.17) is 4.74 Å². The number of hydrogen-bond donors (Lipinski definition) is 2. The number of benzene rings is 3. The Morgan fingerprint density at radius 2 is 1.62 bits per heavy atom. The van der Waals surface area contributed by atoms with Gasteiger partial charge in [-0.3, -0.25) is 14.2 Å². The molecule has 7 nitrogen and oxygen atoms in total. The number of fused-ring (bicyclic) bond motifs is 1. The lowest BCUT2D eigenvalue weighted by Gasteiger charge is -2.10. The van der Waals surface area contributed by atoms with E-state index < -0.39 is 0 Å². The lowest BCUT2D eigenvalue weighted by molar-refractivity contribution is -0.116. The molecule has 0 aliphatic heterocycles. The summed E-state index contributed by atoms with van der Waals surface area (Å²) in [7, 11) is 0. The summed E-state index contributed by atoms with van der Waals surface area (Å²) in [6.45, 7) is 4.37. The number of rotatable bonds is 8. The molecule has 5 rings (SSSR count). The van der Waals surface area contributed by atoms with Crippen molar-refractivity contribution >= 4 is 44.5 Å². The smallest absolute Gasteiger partial charge is 0.263 e. The second-order valence-corrected chi connectivity index (χ2v) is 9.67. The van der Waals surface area contributed by atoms with Crippen LogP contribution >= 0.6 is 11.3 Å². The van der Waals surface area contributed by atoms with Gasteiger partial charge in [0.25, 0.3) is 5.56 Å². The highest BCUT2D eigenvalue weighted by atomic mass is 32.1. The largest absolute Gasteiger partial charge is 0.494 e. The number of nitrogens with zero attached hydrogens (tertiary/aromatic N) is 2. The second kappa shape index (κ2) is 10.7. The molecule has 0 aliphatic carbocycles. The molecule has 2 N–H and O–H groups in total. The highest BCUT2D eigenvalue weighted by Crippen LogP contribution is 2.36. The molecular formula is C29H26N4O3S. The van der Waals surface area contributed by atoms with Crippen LogP contribution in [-0.2, 0) is 11.3 Å². The summed E-state index contributed by atoms with van der Waals surface area (Å²) >= 11 is 1.47. The third kappa shape index (κ3) is 5.39. The number of para-hydroxylation sites is 1. The number of carbonyl (C=O) groups is 1. The Hall–Kier alpha value is -4.43. The molecule has 2 aromatic heterocycles. The van der Waals surface area contributed by atoms with E-state index in [1.807, 2.05) is 92.7 Å². The zero-order valence-corrected chi connectivity index (χ0v) is 21.3. The minimum atomic E-state index is -0.304. The van der Waals surface area contributed by atoms with Crippen LogP contribution in [0.1, 0.15) is 11.8 Å². The summed E-state index contributed by atoms with van der Waals surface area (Å²) in [5.41, 5.74) is 4.05. The van der Waals surface area contributed by atoms with Crippen LogP contribution in [-0.4, -0.2) is 22.1 Å². The van der Waals surface area contributed by atoms with E-state index in [0.717, 1.165) is 33.1 Å². The molecular weight excluding hydrogens is 484 g/mol. The van der Waals surface area contributed by atoms with E-state index in [2.05, 4.69) is 15.6 Å². The molecule has 186 valence electrons. The fourth-order valence-corrected chi connectivity index (χ4v) is 5.17. The highest BCUT2D eigenvalue weighted by Gasteiger charge is 2.18. The SMILES string of the molecule is CCOc1ccc(-c2c(C)sc3ncn(CC(=O)Nc4ccc(Nc5ccccc5)cc4)c(=O)c23)cc1. The van der Waals surface area contributed by atoms with E-state index >= 15 is 0 Å². The van der Waals surface area contributed by atoms with Crippen LogP contribution in [0.2, 0.25) is 0 Å². The van der Waals surface area contributed by atoms with Gasteiger partial charge in [-0.1, -0.05) is 30.3 Å². The van der Waals surface area contributed by atoms with Crippen molar-refractivity contribution in [1.29, 1.82) is 0 Å². The molecule has 0 bridgehead atoms. The zero-order chi connectivity index (χ0) is 25.8. The average Bonchev–Trinajstić information content (AvgIpc) is 3.25. The van der Waals surface area contributed by atoms with Crippen LogP contribution in [0, 0.1) is 6.92 Å². The molecule has 0 saturated carbocycles. The Morgan fingerprint density at radius 1 is 0.946 bits per heavy atom. The maximum Gasteiger partial charge on any atom is 0.263 e. The van der Waals surface area contributed by atoms with Crippen molar-refractivity contribution in [1.82, 2.24) is 9.55 Å². The van der Waals surface area contributed by atoms with Gasteiger partial charge in [0.05, 0.1) is 18.3 Å². The van der Waals surface area contributed by atoms with Gasteiger partial charge in [-0.25, -0.2) is 4.98 Å². The predicted octanol–water partition coefficient (Wildman–Crippen LogP) is 6.21. The van der Waals surface area contributed by atoms with Gasteiger partial charge in [-0.2, -0.15) is 0 Å². The number of amides is 1. The first-order chi connectivity index (χ1) is 18.0. The molecule has 0 fully saturated rings. The molecule has 0 saturated heterocycles. The van der Waals surface area contributed by atoms with E-state index in [9.17, 15) is 9.59 Å². The first kappa shape index (κ1) is 24.3. The predicted molar refractivity (Wildman–Crippen MR) is 150 cm³/mol. The third-order valence-corrected chi connectivity index (χ3v) is 6.87. The molecule has 2 heterocycles. The normalized spacial score (nSPS) is 10.9. The van der Waals surface area contributed by atoms with Crippen LogP contribution < -0.4 is 20.9 Å². The van der Waals surface area contributed by atoms with Gasteiger partial charge in [-0.15, -0.1) is 11.3 Å². The number of aryl methyl sites for hydroxylation is 1. The van der Waals surface area contributed by atoms with Crippen LogP contribution in [0.15, 0.2) is 90.0 Å². The van der Waals surface area contributed by atoms with Crippen molar-refractivity contribution in [3.8, 4) is 16.9 Å². The Kier molecular flexibility index (Phi) is 7.00. The number of carbonyl (C=O) groups excluding carboxylic acids is 1. The van der Waals surface area contributed by atoms with Crippen LogP contribution in [0.5, 0.6) is 5.75 Å². The Bertz CT molecular complexity index is 1590. The summed E-state index contributed by atoms with van der Waals surface area (Å²) in [4.78, 5) is 32.3. The van der Waals surface area contributed by atoms with Gasteiger partial charge in [0, 0.05) is 27.5 Å². The highest BCUT2D eigenvalue weighted by molar-refractivity contribution is 7.19. The molecule has 0 atom stereocenters. The van der Waals surface area contributed by atoms with E-state index in [1.54, 1.807) is 0 Å².